The number of halogens is 1. The highest BCUT2D eigenvalue weighted by Gasteiger charge is 2.27. The second-order valence-corrected chi connectivity index (χ2v) is 8.69. The molecule has 0 spiro atoms. The van der Waals surface area contributed by atoms with E-state index in [1.165, 1.54) is 0 Å². The average Bonchev–Trinajstić information content (AvgIpc) is 3.03. The van der Waals surface area contributed by atoms with Gasteiger partial charge in [-0.05, 0) is 57.5 Å². The van der Waals surface area contributed by atoms with Gasteiger partial charge in [0.05, 0.1) is 17.8 Å². The number of phenols is 1. The maximum atomic E-state index is 13.3. The van der Waals surface area contributed by atoms with Gasteiger partial charge in [0, 0.05) is 41.3 Å². The minimum Gasteiger partial charge on any atom is -0.508 e. The largest absolute Gasteiger partial charge is 0.508 e. The molecule has 1 aliphatic heterocycles. The van der Waals surface area contributed by atoms with Crippen molar-refractivity contribution in [2.24, 2.45) is 0 Å². The Hall–Kier alpha value is -2.54. The quantitative estimate of drug-likeness (QED) is 0.575. The Balaban J connectivity index is 1.74. The van der Waals surface area contributed by atoms with Gasteiger partial charge in [-0.15, -0.1) is 0 Å². The van der Waals surface area contributed by atoms with Crippen molar-refractivity contribution >= 4 is 34.2 Å². The summed E-state index contributed by atoms with van der Waals surface area (Å²) in [6.45, 7) is 9.70. The number of morpholine rings is 1. The third-order valence-electron chi connectivity index (χ3n) is 5.73. The van der Waals surface area contributed by atoms with Crippen LogP contribution in [0.1, 0.15) is 41.1 Å². The molecule has 0 bridgehead atoms. The fourth-order valence-corrected chi connectivity index (χ4v) is 4.54. The number of rotatable bonds is 4. The first-order chi connectivity index (χ1) is 14.7. The van der Waals surface area contributed by atoms with Crippen LogP contribution in [0.4, 0.5) is 5.69 Å². The zero-order valence-electron chi connectivity index (χ0n) is 18.2. The molecule has 2 atom stereocenters. The molecule has 2 heterocycles. The fourth-order valence-electron chi connectivity index (χ4n) is 4.36. The number of hydrogen-bond acceptors (Lipinski definition) is 5. The van der Waals surface area contributed by atoms with Crippen molar-refractivity contribution in [3.8, 4) is 5.75 Å². The predicted molar refractivity (Wildman–Crippen MR) is 122 cm³/mol. The number of ether oxygens (including phenoxy) is 1. The Morgan fingerprint density at radius 3 is 2.61 bits per heavy atom. The molecular weight excluding hydrogens is 416 g/mol. The van der Waals surface area contributed by atoms with Crippen molar-refractivity contribution in [2.75, 3.05) is 18.4 Å². The van der Waals surface area contributed by atoms with E-state index in [0.717, 1.165) is 18.7 Å². The van der Waals surface area contributed by atoms with Crippen molar-refractivity contribution in [2.45, 2.75) is 46.4 Å². The Morgan fingerprint density at radius 1 is 1.19 bits per heavy atom. The van der Waals surface area contributed by atoms with Crippen molar-refractivity contribution < 1.29 is 19.1 Å². The molecule has 2 N–H and O–H groups in total. The molecule has 0 aliphatic carbocycles. The molecule has 1 fully saturated rings. The highest BCUT2D eigenvalue weighted by Crippen LogP contribution is 2.36. The van der Waals surface area contributed by atoms with Gasteiger partial charge in [-0.25, -0.2) is 0 Å². The van der Waals surface area contributed by atoms with E-state index in [-0.39, 0.29) is 23.9 Å². The van der Waals surface area contributed by atoms with E-state index in [0.29, 0.717) is 45.1 Å². The molecule has 0 saturated carbocycles. The minimum atomic E-state index is -0.294. The van der Waals surface area contributed by atoms with Crippen molar-refractivity contribution in [1.82, 2.24) is 4.90 Å². The van der Waals surface area contributed by atoms with Crippen LogP contribution in [-0.4, -0.2) is 41.2 Å². The van der Waals surface area contributed by atoms with E-state index in [4.69, 9.17) is 20.8 Å². The summed E-state index contributed by atoms with van der Waals surface area (Å²) in [5.41, 5.74) is 3.12. The molecule has 0 radical (unpaired) electrons. The fraction of sp³-hybridized carbons (Fsp3) is 0.375. The zero-order valence-corrected chi connectivity index (χ0v) is 18.9. The smallest absolute Gasteiger partial charge is 0.259 e. The Morgan fingerprint density at radius 2 is 1.90 bits per heavy atom. The zero-order chi connectivity index (χ0) is 22.3. The van der Waals surface area contributed by atoms with Crippen LogP contribution >= 0.6 is 11.6 Å². The maximum Gasteiger partial charge on any atom is 0.259 e. The van der Waals surface area contributed by atoms with Gasteiger partial charge < -0.3 is 19.6 Å². The van der Waals surface area contributed by atoms with E-state index < -0.39 is 0 Å². The van der Waals surface area contributed by atoms with Crippen LogP contribution in [0.5, 0.6) is 5.75 Å². The number of anilines is 1. The number of carbonyl (C=O) groups excluding carboxylic acids is 1. The van der Waals surface area contributed by atoms with Gasteiger partial charge in [0.2, 0.25) is 0 Å². The molecule has 6 nitrogen and oxygen atoms in total. The summed E-state index contributed by atoms with van der Waals surface area (Å²) in [7, 11) is 0. The normalized spacial score (nSPS) is 19.6. The van der Waals surface area contributed by atoms with E-state index in [1.54, 1.807) is 31.2 Å². The van der Waals surface area contributed by atoms with Crippen LogP contribution in [0, 0.1) is 13.8 Å². The molecule has 1 amide bonds. The molecule has 1 aliphatic rings. The molecule has 2 aromatic carbocycles. The number of furan rings is 1. The number of phenolic OH excluding ortho intramolecular Hbond substituents is 1. The first-order valence-corrected chi connectivity index (χ1v) is 10.8. The lowest BCUT2D eigenvalue weighted by Crippen LogP contribution is -2.44. The summed E-state index contributed by atoms with van der Waals surface area (Å²) < 4.78 is 11.7. The van der Waals surface area contributed by atoms with Gasteiger partial charge in [-0.2, -0.15) is 0 Å². The third kappa shape index (κ3) is 4.28. The summed E-state index contributed by atoms with van der Waals surface area (Å²) in [6.07, 6.45) is 0.203. The Kier molecular flexibility index (Phi) is 5.97. The first kappa shape index (κ1) is 21.7. The highest BCUT2D eigenvalue weighted by molar-refractivity contribution is 6.31. The minimum absolute atomic E-state index is 0.102. The van der Waals surface area contributed by atoms with Crippen LogP contribution in [0.15, 0.2) is 34.7 Å². The number of nitrogens with zero attached hydrogens (tertiary/aromatic N) is 1. The van der Waals surface area contributed by atoms with Crippen LogP contribution < -0.4 is 5.32 Å². The number of aromatic hydroxyl groups is 1. The first-order valence-electron chi connectivity index (χ1n) is 10.4. The number of amides is 1. The number of hydrogen-bond donors (Lipinski definition) is 2. The summed E-state index contributed by atoms with van der Waals surface area (Å²) in [4.78, 5) is 15.5. The predicted octanol–water partition coefficient (Wildman–Crippen LogP) is 5.27. The van der Waals surface area contributed by atoms with Crippen molar-refractivity contribution in [3.05, 3.63) is 57.8 Å². The highest BCUT2D eigenvalue weighted by atomic mass is 35.5. The van der Waals surface area contributed by atoms with Crippen LogP contribution in [-0.2, 0) is 11.3 Å². The van der Waals surface area contributed by atoms with Gasteiger partial charge >= 0.3 is 0 Å². The lowest BCUT2D eigenvalue weighted by molar-refractivity contribution is -0.0705. The maximum absolute atomic E-state index is 13.3. The SMILES string of the molecule is Cc1oc2ccc(O)c(CN3C[C@H](C)O[C@@H](C)C3)c2c1C(=O)Nc1cccc(Cl)c1C. The monoisotopic (exact) mass is 442 g/mol. The summed E-state index contributed by atoms with van der Waals surface area (Å²) in [5.74, 6) is 0.355. The number of nitrogens with one attached hydrogen (secondary N) is 1. The molecule has 0 unspecified atom stereocenters. The molecule has 4 rings (SSSR count). The molecular formula is C24H27ClN2O4. The summed E-state index contributed by atoms with van der Waals surface area (Å²) in [6, 6.07) is 8.71. The third-order valence-corrected chi connectivity index (χ3v) is 6.14. The molecule has 1 aromatic heterocycles. The van der Waals surface area contributed by atoms with E-state index in [2.05, 4.69) is 10.2 Å². The number of aryl methyl sites for hydroxylation is 1. The lowest BCUT2D eigenvalue weighted by Gasteiger charge is -2.35. The van der Waals surface area contributed by atoms with Gasteiger partial charge in [0.25, 0.3) is 5.91 Å². The van der Waals surface area contributed by atoms with Crippen LogP contribution in [0.25, 0.3) is 11.0 Å². The van der Waals surface area contributed by atoms with Gasteiger partial charge in [0.1, 0.15) is 17.1 Å². The van der Waals surface area contributed by atoms with E-state index in [1.807, 2.05) is 26.8 Å². The van der Waals surface area contributed by atoms with Gasteiger partial charge in [-0.1, -0.05) is 17.7 Å². The molecule has 3 aromatic rings. The molecule has 164 valence electrons. The average molecular weight is 443 g/mol. The van der Waals surface area contributed by atoms with Gasteiger partial charge in [-0.3, -0.25) is 9.69 Å². The van der Waals surface area contributed by atoms with E-state index in [9.17, 15) is 9.90 Å². The lowest BCUT2D eigenvalue weighted by atomic mass is 10.0. The standard InChI is InChI=1S/C24H27ClN2O4/c1-13-10-27(11-14(2)30-13)12-17-20(28)8-9-21-23(17)22(16(4)31-21)24(29)26-19-7-5-6-18(25)15(19)3/h5-9,13-14,28H,10-12H2,1-4H3,(H,26,29)/t13-,14-/m0/s1. The Bertz CT molecular complexity index is 1130. The van der Waals surface area contributed by atoms with Crippen molar-refractivity contribution in [3.63, 3.8) is 0 Å². The summed E-state index contributed by atoms with van der Waals surface area (Å²) in [5, 5.41) is 14.9. The van der Waals surface area contributed by atoms with Crippen LogP contribution in [0.3, 0.4) is 0 Å². The summed E-state index contributed by atoms with van der Waals surface area (Å²) >= 11 is 6.21. The van der Waals surface area contributed by atoms with E-state index >= 15 is 0 Å². The van der Waals surface area contributed by atoms with Gasteiger partial charge in [0.15, 0.2) is 0 Å². The topological polar surface area (TPSA) is 74.9 Å². The molecule has 7 heteroatoms. The number of benzene rings is 2. The second kappa shape index (κ2) is 8.54. The second-order valence-electron chi connectivity index (χ2n) is 8.29. The van der Waals surface area contributed by atoms with Crippen LogP contribution in [0.2, 0.25) is 5.02 Å². The molecule has 1 saturated heterocycles. The number of fused-ring (bicyclic) bond motifs is 1. The van der Waals surface area contributed by atoms with Crippen molar-refractivity contribution in [1.29, 1.82) is 0 Å². The molecule has 31 heavy (non-hydrogen) atoms. The number of carbonyl (C=O) groups is 1. The Labute approximate surface area is 186 Å².